The highest BCUT2D eigenvalue weighted by atomic mass is 32.2. The van der Waals surface area contributed by atoms with E-state index in [4.69, 9.17) is 15.2 Å². The number of rotatable bonds is 7. The standard InChI is InChI=1S/C15H22N2O3S/c1-19-11-4-3-5-12(8-11)20-13-9-17(10-13)15(18)14(16)6-7-21-2/h3-5,8,13-14H,6-7,9-10,16H2,1-2H3/t14-/m1/s1. The van der Waals surface area contributed by atoms with Gasteiger partial charge in [-0.3, -0.25) is 4.79 Å². The van der Waals surface area contributed by atoms with E-state index in [1.165, 1.54) is 0 Å². The molecule has 0 radical (unpaired) electrons. The molecule has 0 bridgehead atoms. The monoisotopic (exact) mass is 310 g/mol. The van der Waals surface area contributed by atoms with Gasteiger partial charge >= 0.3 is 0 Å². The number of thioether (sulfide) groups is 1. The van der Waals surface area contributed by atoms with Crippen LogP contribution in [0.4, 0.5) is 0 Å². The van der Waals surface area contributed by atoms with Crippen molar-refractivity contribution < 1.29 is 14.3 Å². The lowest BCUT2D eigenvalue weighted by molar-refractivity contribution is -0.141. The number of carbonyl (C=O) groups is 1. The van der Waals surface area contributed by atoms with Gasteiger partial charge in [-0.05, 0) is 30.6 Å². The molecule has 5 nitrogen and oxygen atoms in total. The average molecular weight is 310 g/mol. The number of methoxy groups -OCH3 is 1. The summed E-state index contributed by atoms with van der Waals surface area (Å²) in [5, 5.41) is 0. The molecule has 1 amide bonds. The zero-order valence-corrected chi connectivity index (χ0v) is 13.3. The lowest BCUT2D eigenvalue weighted by Crippen LogP contribution is -2.59. The second-order valence-corrected chi connectivity index (χ2v) is 6.04. The van der Waals surface area contributed by atoms with Gasteiger partial charge in [-0.25, -0.2) is 0 Å². The number of amides is 1. The molecule has 1 aromatic rings. The Morgan fingerprint density at radius 2 is 2.19 bits per heavy atom. The number of hydrogen-bond acceptors (Lipinski definition) is 5. The molecule has 21 heavy (non-hydrogen) atoms. The van der Waals surface area contributed by atoms with Crippen molar-refractivity contribution in [2.24, 2.45) is 5.73 Å². The largest absolute Gasteiger partial charge is 0.497 e. The summed E-state index contributed by atoms with van der Waals surface area (Å²) < 4.78 is 11.0. The highest BCUT2D eigenvalue weighted by molar-refractivity contribution is 7.98. The van der Waals surface area contributed by atoms with Gasteiger partial charge in [0.1, 0.15) is 17.6 Å². The molecule has 0 aromatic heterocycles. The summed E-state index contributed by atoms with van der Waals surface area (Å²) in [6, 6.07) is 7.09. The van der Waals surface area contributed by atoms with E-state index in [0.717, 1.165) is 23.7 Å². The van der Waals surface area contributed by atoms with Crippen molar-refractivity contribution in [2.75, 3.05) is 32.2 Å². The first-order valence-electron chi connectivity index (χ1n) is 6.98. The Kier molecular flexibility index (Phi) is 5.76. The third-order valence-electron chi connectivity index (χ3n) is 3.45. The molecule has 1 aliphatic rings. The smallest absolute Gasteiger partial charge is 0.239 e. The number of carbonyl (C=O) groups excluding carboxylic acids is 1. The maximum absolute atomic E-state index is 12.0. The van der Waals surface area contributed by atoms with E-state index < -0.39 is 6.04 Å². The number of nitrogens with zero attached hydrogens (tertiary/aromatic N) is 1. The summed E-state index contributed by atoms with van der Waals surface area (Å²) >= 11 is 1.70. The van der Waals surface area contributed by atoms with E-state index in [2.05, 4.69) is 0 Å². The molecule has 1 atom stereocenters. The van der Waals surface area contributed by atoms with Crippen molar-refractivity contribution in [3.63, 3.8) is 0 Å². The highest BCUT2D eigenvalue weighted by Gasteiger charge is 2.34. The van der Waals surface area contributed by atoms with Crippen molar-refractivity contribution >= 4 is 17.7 Å². The summed E-state index contributed by atoms with van der Waals surface area (Å²) in [5.41, 5.74) is 5.89. The molecule has 116 valence electrons. The van der Waals surface area contributed by atoms with Crippen LogP contribution in [0.2, 0.25) is 0 Å². The molecule has 1 aliphatic heterocycles. The van der Waals surface area contributed by atoms with Crippen LogP contribution < -0.4 is 15.2 Å². The molecule has 1 heterocycles. The summed E-state index contributed by atoms with van der Waals surface area (Å²) in [6.07, 6.45) is 2.77. The molecular weight excluding hydrogens is 288 g/mol. The van der Waals surface area contributed by atoms with Gasteiger partial charge in [-0.2, -0.15) is 11.8 Å². The third-order valence-corrected chi connectivity index (χ3v) is 4.10. The summed E-state index contributed by atoms with van der Waals surface area (Å²) in [6.45, 7) is 1.20. The van der Waals surface area contributed by atoms with Crippen LogP contribution in [-0.2, 0) is 4.79 Å². The molecule has 1 fully saturated rings. The molecule has 0 saturated carbocycles. The van der Waals surface area contributed by atoms with Crippen molar-refractivity contribution in [1.82, 2.24) is 4.90 Å². The second kappa shape index (κ2) is 7.56. The van der Waals surface area contributed by atoms with Crippen molar-refractivity contribution in [3.8, 4) is 11.5 Å². The first kappa shape index (κ1) is 16.0. The summed E-state index contributed by atoms with van der Waals surface area (Å²) in [7, 11) is 1.62. The van der Waals surface area contributed by atoms with E-state index in [-0.39, 0.29) is 12.0 Å². The SMILES string of the molecule is COc1cccc(OC2CN(C(=O)[C@H](N)CCSC)C2)c1. The zero-order chi connectivity index (χ0) is 15.2. The quantitative estimate of drug-likeness (QED) is 0.824. The van der Waals surface area contributed by atoms with Crippen molar-refractivity contribution in [3.05, 3.63) is 24.3 Å². The molecule has 0 unspecified atom stereocenters. The minimum Gasteiger partial charge on any atom is -0.497 e. The van der Waals surface area contributed by atoms with E-state index in [9.17, 15) is 4.79 Å². The third kappa shape index (κ3) is 4.28. The first-order chi connectivity index (χ1) is 10.1. The van der Waals surface area contributed by atoms with Gasteiger partial charge < -0.3 is 20.1 Å². The van der Waals surface area contributed by atoms with Crippen LogP contribution in [0.25, 0.3) is 0 Å². The van der Waals surface area contributed by atoms with Gasteiger partial charge in [0.05, 0.1) is 26.2 Å². The Bertz CT molecular complexity index is 478. The van der Waals surface area contributed by atoms with Gasteiger partial charge in [0.15, 0.2) is 0 Å². The van der Waals surface area contributed by atoms with Crippen LogP contribution >= 0.6 is 11.8 Å². The van der Waals surface area contributed by atoms with Crippen LogP contribution in [-0.4, -0.2) is 55.2 Å². The summed E-state index contributed by atoms with van der Waals surface area (Å²) in [4.78, 5) is 13.8. The lowest BCUT2D eigenvalue weighted by Gasteiger charge is -2.40. The normalized spacial score (nSPS) is 16.2. The minimum atomic E-state index is -0.393. The van der Waals surface area contributed by atoms with E-state index >= 15 is 0 Å². The van der Waals surface area contributed by atoms with Crippen molar-refractivity contribution in [2.45, 2.75) is 18.6 Å². The molecule has 1 saturated heterocycles. The van der Waals surface area contributed by atoms with Crippen LogP contribution in [0.1, 0.15) is 6.42 Å². The fraction of sp³-hybridized carbons (Fsp3) is 0.533. The molecule has 6 heteroatoms. The maximum atomic E-state index is 12.0. The molecule has 1 aromatic carbocycles. The summed E-state index contributed by atoms with van der Waals surface area (Å²) in [5.74, 6) is 2.45. The highest BCUT2D eigenvalue weighted by Crippen LogP contribution is 2.23. The van der Waals surface area contributed by atoms with Crippen LogP contribution in [0, 0.1) is 0 Å². The number of hydrogen-bond donors (Lipinski definition) is 1. The van der Waals surface area contributed by atoms with E-state index in [1.54, 1.807) is 23.8 Å². The topological polar surface area (TPSA) is 64.8 Å². The molecule has 0 spiro atoms. The van der Waals surface area contributed by atoms with Gasteiger partial charge in [0.25, 0.3) is 0 Å². The Labute approximate surface area is 129 Å². The number of ether oxygens (including phenoxy) is 2. The molecule has 2 rings (SSSR count). The van der Waals surface area contributed by atoms with Crippen LogP contribution in [0.3, 0.4) is 0 Å². The van der Waals surface area contributed by atoms with Gasteiger partial charge in [-0.1, -0.05) is 6.07 Å². The fourth-order valence-electron chi connectivity index (χ4n) is 2.16. The predicted octanol–water partition coefficient (Wildman–Crippen LogP) is 1.37. The molecule has 2 N–H and O–H groups in total. The van der Waals surface area contributed by atoms with E-state index in [1.807, 2.05) is 30.5 Å². The Morgan fingerprint density at radius 1 is 1.48 bits per heavy atom. The number of nitrogens with two attached hydrogens (primary N) is 1. The molecular formula is C15H22N2O3S. The minimum absolute atomic E-state index is 0.0227. The predicted molar refractivity (Wildman–Crippen MR) is 85.0 cm³/mol. The maximum Gasteiger partial charge on any atom is 0.239 e. The fourth-order valence-corrected chi connectivity index (χ4v) is 2.65. The Morgan fingerprint density at radius 3 is 2.86 bits per heavy atom. The van der Waals surface area contributed by atoms with Crippen molar-refractivity contribution in [1.29, 1.82) is 0 Å². The van der Waals surface area contributed by atoms with Gasteiger partial charge in [0, 0.05) is 6.07 Å². The number of likely N-dealkylation sites (tertiary alicyclic amines) is 1. The lowest BCUT2D eigenvalue weighted by atomic mass is 10.1. The zero-order valence-electron chi connectivity index (χ0n) is 12.5. The average Bonchev–Trinajstić information content (AvgIpc) is 2.47. The van der Waals surface area contributed by atoms with E-state index in [0.29, 0.717) is 13.1 Å². The first-order valence-corrected chi connectivity index (χ1v) is 8.37. The van der Waals surface area contributed by atoms with Crippen LogP contribution in [0.15, 0.2) is 24.3 Å². The van der Waals surface area contributed by atoms with Crippen LogP contribution in [0.5, 0.6) is 11.5 Å². The van der Waals surface area contributed by atoms with Gasteiger partial charge in [-0.15, -0.1) is 0 Å². The Hall–Kier alpha value is -1.40. The second-order valence-electron chi connectivity index (χ2n) is 5.05. The number of benzene rings is 1. The molecule has 0 aliphatic carbocycles. The Balaban J connectivity index is 1.77. The van der Waals surface area contributed by atoms with Gasteiger partial charge in [0.2, 0.25) is 5.91 Å².